The van der Waals surface area contributed by atoms with E-state index in [1.165, 1.54) is 16.9 Å². The Balaban J connectivity index is 1.51. The Morgan fingerprint density at radius 2 is 1.61 bits per heavy atom. The van der Waals surface area contributed by atoms with Crippen molar-refractivity contribution < 1.29 is 9.53 Å². The van der Waals surface area contributed by atoms with E-state index < -0.39 is 0 Å². The molecule has 0 fully saturated rings. The predicted octanol–water partition coefficient (Wildman–Crippen LogP) is 6.12. The molecule has 0 atom stereocenters. The zero-order valence-electron chi connectivity index (χ0n) is 16.8. The van der Waals surface area contributed by atoms with Crippen LogP contribution in [0.1, 0.15) is 5.56 Å². The van der Waals surface area contributed by atoms with Crippen molar-refractivity contribution >= 4 is 34.0 Å². The van der Waals surface area contributed by atoms with Crippen molar-refractivity contribution in [3.05, 3.63) is 101 Å². The van der Waals surface area contributed by atoms with Gasteiger partial charge in [0.25, 0.3) is 5.91 Å². The maximum atomic E-state index is 13.1. The Morgan fingerprint density at radius 3 is 2.32 bits per heavy atom. The Bertz CT molecular complexity index is 1120. The standard InChI is InChI=1S/C25H21ClN2O2S/c26-21-11-13-22(14-12-21)30-17-24(29)28(16-15-19-7-3-1-4-8-19)25-27-23(18-31-25)20-9-5-2-6-10-20/h1-14,18H,15-17H2. The lowest BCUT2D eigenvalue weighted by atomic mass is 10.1. The van der Waals surface area contributed by atoms with Crippen molar-refractivity contribution in [2.75, 3.05) is 18.1 Å². The fourth-order valence-corrected chi connectivity index (χ4v) is 4.10. The number of anilines is 1. The van der Waals surface area contributed by atoms with Gasteiger partial charge in [-0.1, -0.05) is 72.3 Å². The van der Waals surface area contributed by atoms with Crippen LogP contribution in [0.4, 0.5) is 5.13 Å². The summed E-state index contributed by atoms with van der Waals surface area (Å²) < 4.78 is 5.70. The van der Waals surface area contributed by atoms with Gasteiger partial charge in [0.15, 0.2) is 11.7 Å². The van der Waals surface area contributed by atoms with Crippen LogP contribution in [0, 0.1) is 0 Å². The first-order valence-corrected chi connectivity index (χ1v) is 11.2. The number of halogens is 1. The molecule has 156 valence electrons. The van der Waals surface area contributed by atoms with Crippen LogP contribution in [0.2, 0.25) is 5.02 Å². The zero-order chi connectivity index (χ0) is 21.5. The maximum Gasteiger partial charge on any atom is 0.266 e. The molecule has 4 nitrogen and oxygen atoms in total. The van der Waals surface area contributed by atoms with Crippen LogP contribution in [-0.2, 0) is 11.2 Å². The highest BCUT2D eigenvalue weighted by Gasteiger charge is 2.20. The molecule has 4 rings (SSSR count). The van der Waals surface area contributed by atoms with Crippen LogP contribution in [0.5, 0.6) is 5.75 Å². The van der Waals surface area contributed by atoms with E-state index in [-0.39, 0.29) is 12.5 Å². The topological polar surface area (TPSA) is 42.4 Å². The smallest absolute Gasteiger partial charge is 0.266 e. The molecule has 31 heavy (non-hydrogen) atoms. The number of hydrogen-bond donors (Lipinski definition) is 0. The number of aromatic nitrogens is 1. The molecule has 0 bridgehead atoms. The highest BCUT2D eigenvalue weighted by Crippen LogP contribution is 2.28. The van der Waals surface area contributed by atoms with Gasteiger partial charge in [0, 0.05) is 22.5 Å². The number of nitrogens with zero attached hydrogens (tertiary/aromatic N) is 2. The van der Waals surface area contributed by atoms with E-state index in [2.05, 4.69) is 12.1 Å². The molecule has 0 radical (unpaired) electrons. The second-order valence-corrected chi connectivity index (χ2v) is 8.18. The number of ether oxygens (including phenoxy) is 1. The molecule has 0 unspecified atom stereocenters. The van der Waals surface area contributed by atoms with E-state index in [9.17, 15) is 4.79 Å². The summed E-state index contributed by atoms with van der Waals surface area (Å²) in [6.07, 6.45) is 0.730. The number of rotatable bonds is 8. The summed E-state index contributed by atoms with van der Waals surface area (Å²) in [6, 6.07) is 27.0. The van der Waals surface area contributed by atoms with Crippen molar-refractivity contribution in [2.24, 2.45) is 0 Å². The number of thiazole rings is 1. The summed E-state index contributed by atoms with van der Waals surface area (Å²) in [4.78, 5) is 19.5. The third kappa shape index (κ3) is 5.72. The number of hydrogen-bond acceptors (Lipinski definition) is 4. The second kappa shape index (κ2) is 10.2. The number of carbonyl (C=O) groups excluding carboxylic acids is 1. The Labute approximate surface area is 190 Å². The van der Waals surface area contributed by atoms with Gasteiger partial charge in [-0.2, -0.15) is 0 Å². The molecule has 1 aromatic heterocycles. The normalized spacial score (nSPS) is 10.6. The lowest BCUT2D eigenvalue weighted by Gasteiger charge is -2.20. The molecule has 0 saturated carbocycles. The highest BCUT2D eigenvalue weighted by molar-refractivity contribution is 7.14. The first kappa shape index (κ1) is 21.1. The first-order valence-electron chi connectivity index (χ1n) is 9.92. The monoisotopic (exact) mass is 448 g/mol. The number of amides is 1. The fourth-order valence-electron chi connectivity index (χ4n) is 3.10. The SMILES string of the molecule is O=C(COc1ccc(Cl)cc1)N(CCc1ccccc1)c1nc(-c2ccccc2)cs1. The van der Waals surface area contributed by atoms with E-state index in [0.717, 1.165) is 17.7 Å². The second-order valence-electron chi connectivity index (χ2n) is 6.90. The van der Waals surface area contributed by atoms with Gasteiger partial charge in [0.1, 0.15) is 5.75 Å². The zero-order valence-corrected chi connectivity index (χ0v) is 18.4. The number of carbonyl (C=O) groups is 1. The predicted molar refractivity (Wildman–Crippen MR) is 127 cm³/mol. The molecule has 0 spiro atoms. The Hall–Kier alpha value is -3.15. The Kier molecular flexibility index (Phi) is 6.97. The molecule has 1 amide bonds. The van der Waals surface area contributed by atoms with Gasteiger partial charge >= 0.3 is 0 Å². The summed E-state index contributed by atoms with van der Waals surface area (Å²) in [5, 5.41) is 3.27. The van der Waals surface area contributed by atoms with Crippen LogP contribution in [0.15, 0.2) is 90.3 Å². The van der Waals surface area contributed by atoms with Gasteiger partial charge in [-0.15, -0.1) is 11.3 Å². The average Bonchev–Trinajstić information content (AvgIpc) is 3.30. The van der Waals surface area contributed by atoms with E-state index in [0.29, 0.717) is 22.4 Å². The molecule has 3 aromatic carbocycles. The minimum atomic E-state index is -0.139. The van der Waals surface area contributed by atoms with Gasteiger partial charge in [0.05, 0.1) is 5.69 Å². The van der Waals surface area contributed by atoms with Crippen molar-refractivity contribution in [1.82, 2.24) is 4.98 Å². The van der Waals surface area contributed by atoms with Crippen LogP contribution in [-0.4, -0.2) is 24.0 Å². The summed E-state index contributed by atoms with van der Waals surface area (Å²) in [5.74, 6) is 0.463. The van der Waals surface area contributed by atoms with E-state index in [1.807, 2.05) is 53.9 Å². The maximum absolute atomic E-state index is 13.1. The van der Waals surface area contributed by atoms with Gasteiger partial charge in [0.2, 0.25) is 0 Å². The quantitative estimate of drug-likeness (QED) is 0.326. The van der Waals surface area contributed by atoms with E-state index in [1.54, 1.807) is 29.2 Å². The summed E-state index contributed by atoms with van der Waals surface area (Å²) in [7, 11) is 0. The highest BCUT2D eigenvalue weighted by atomic mass is 35.5. The minimum absolute atomic E-state index is 0.0727. The van der Waals surface area contributed by atoms with Crippen molar-refractivity contribution in [3.8, 4) is 17.0 Å². The summed E-state index contributed by atoms with van der Waals surface area (Å²) in [5.41, 5.74) is 3.05. The lowest BCUT2D eigenvalue weighted by molar-refractivity contribution is -0.120. The van der Waals surface area contributed by atoms with Crippen LogP contribution in [0.25, 0.3) is 11.3 Å². The number of benzene rings is 3. The first-order chi connectivity index (χ1) is 15.2. The van der Waals surface area contributed by atoms with Crippen LogP contribution < -0.4 is 9.64 Å². The molecule has 0 aliphatic heterocycles. The average molecular weight is 449 g/mol. The molecule has 0 aliphatic carbocycles. The molecule has 0 saturated heterocycles. The summed E-state index contributed by atoms with van der Waals surface area (Å²) >= 11 is 7.38. The van der Waals surface area contributed by atoms with Gasteiger partial charge in [-0.25, -0.2) is 4.98 Å². The van der Waals surface area contributed by atoms with Crippen molar-refractivity contribution in [3.63, 3.8) is 0 Å². The Morgan fingerprint density at radius 1 is 0.935 bits per heavy atom. The minimum Gasteiger partial charge on any atom is -0.484 e. The molecular weight excluding hydrogens is 428 g/mol. The van der Waals surface area contributed by atoms with Crippen LogP contribution in [0.3, 0.4) is 0 Å². The molecule has 0 aliphatic rings. The van der Waals surface area contributed by atoms with Gasteiger partial charge < -0.3 is 4.74 Å². The van der Waals surface area contributed by atoms with Crippen molar-refractivity contribution in [2.45, 2.75) is 6.42 Å². The molecule has 1 heterocycles. The van der Waals surface area contributed by atoms with E-state index >= 15 is 0 Å². The van der Waals surface area contributed by atoms with Crippen LogP contribution >= 0.6 is 22.9 Å². The van der Waals surface area contributed by atoms with E-state index in [4.69, 9.17) is 21.3 Å². The fraction of sp³-hybridized carbons (Fsp3) is 0.120. The van der Waals surface area contributed by atoms with Gasteiger partial charge in [-0.3, -0.25) is 9.69 Å². The lowest BCUT2D eigenvalue weighted by Crippen LogP contribution is -2.36. The van der Waals surface area contributed by atoms with Crippen molar-refractivity contribution in [1.29, 1.82) is 0 Å². The third-order valence-electron chi connectivity index (χ3n) is 4.74. The van der Waals surface area contributed by atoms with Gasteiger partial charge in [-0.05, 0) is 36.2 Å². The molecular formula is C25H21ClN2O2S. The molecule has 4 aromatic rings. The molecule has 6 heteroatoms. The summed E-state index contributed by atoms with van der Waals surface area (Å²) in [6.45, 7) is 0.450. The third-order valence-corrected chi connectivity index (χ3v) is 5.85. The molecule has 0 N–H and O–H groups in total. The largest absolute Gasteiger partial charge is 0.484 e.